The number of hydrogen-bond acceptors (Lipinski definition) is 16. The maximum atomic E-state index is 13.8. The van der Waals surface area contributed by atoms with Crippen molar-refractivity contribution < 1.29 is 65.0 Å². The third-order valence-electron chi connectivity index (χ3n) is 25.4. The lowest BCUT2D eigenvalue weighted by atomic mass is 10.0. The molecule has 4 N–H and O–H groups in total. The Bertz CT molecular complexity index is 6750. The maximum absolute atomic E-state index is 13.8. The van der Waals surface area contributed by atoms with E-state index < -0.39 is 29.3 Å². The van der Waals surface area contributed by atoms with Crippen LogP contribution in [0.15, 0.2) is 267 Å². The minimum Gasteiger partial charge on any atom is -0.497 e. The highest BCUT2D eigenvalue weighted by atomic mass is 35.5. The number of carbonyl (C=O) groups excluding carboxylic acids is 8. The van der Waals surface area contributed by atoms with E-state index in [4.69, 9.17) is 78.5 Å². The SMILES string of the molecule is COc1ccc(-c2ccc(C(=O)N(CCN3CCCC3)CC(=O)Nc3cc(Cl)cc(Cl)c3)cc2)cc1.N#Cc1cccc(-c2ccc(C(=O)N(CCN3CCCC3)CC(=O)Nc3cc(Cl)cc(Cl)c3)cc2)c1.N#Cc1cccc(-c2ccc(CC(=O)N(CCN3CCCC3)CC(=O)Nc3cc(F)cc(C(F)(F)F)c3)cc2)c1.N#Cc1cccc(-c2ccc(CC(=O)N(CCN3CCCC3)CC(=O)Nc3ccc(F)c(Cl)c3)cc2)c1. The summed E-state index contributed by atoms with van der Waals surface area (Å²) in [7, 11) is 1.63. The first-order valence-corrected chi connectivity index (χ1v) is 50.7. The molecule has 0 bridgehead atoms. The van der Waals surface area contributed by atoms with Crippen LogP contribution in [0.1, 0.15) is 105 Å². The summed E-state index contributed by atoms with van der Waals surface area (Å²) in [4.78, 5) is 120. The van der Waals surface area contributed by atoms with Gasteiger partial charge in [0.15, 0.2) is 0 Å². The van der Waals surface area contributed by atoms with E-state index in [9.17, 15) is 60.3 Å². The van der Waals surface area contributed by atoms with Crippen LogP contribution in [0.3, 0.4) is 0 Å². The molecule has 8 amide bonds. The van der Waals surface area contributed by atoms with Crippen molar-refractivity contribution in [3.8, 4) is 68.5 Å². The number of ether oxygens (including phenoxy) is 1. The summed E-state index contributed by atoms with van der Waals surface area (Å²) in [5.74, 6) is -3.49. The van der Waals surface area contributed by atoms with Crippen molar-refractivity contribution in [2.45, 2.75) is 70.4 Å². The zero-order valence-electron chi connectivity index (χ0n) is 82.0. The van der Waals surface area contributed by atoms with Gasteiger partial charge in [0.25, 0.3) is 11.8 Å². The number of amides is 8. The fourth-order valence-corrected chi connectivity index (χ4v) is 18.8. The number of likely N-dealkylation sites (tertiary alicyclic amines) is 4. The molecule has 4 saturated heterocycles. The van der Waals surface area contributed by atoms with Gasteiger partial charge in [-0.25, -0.2) is 8.78 Å². The van der Waals surface area contributed by atoms with Gasteiger partial charge in [0.1, 0.15) is 30.5 Å². The van der Waals surface area contributed by atoms with Crippen LogP contribution in [0, 0.1) is 45.6 Å². The molecule has 0 aromatic heterocycles. The fraction of sp³-hybridized carbons (Fsp3) is 0.278. The van der Waals surface area contributed by atoms with Crippen molar-refractivity contribution in [3.05, 3.63) is 348 Å². The highest BCUT2D eigenvalue weighted by Gasteiger charge is 2.33. The van der Waals surface area contributed by atoms with Crippen LogP contribution in [0.5, 0.6) is 5.75 Å². The van der Waals surface area contributed by atoms with Crippen LogP contribution < -0.4 is 26.0 Å². The third kappa shape index (κ3) is 35.1. The van der Waals surface area contributed by atoms with E-state index >= 15 is 0 Å². The molecule has 4 aliphatic heterocycles. The topological polar surface area (TPSA) is 291 Å². The molecule has 4 heterocycles. The van der Waals surface area contributed by atoms with Crippen molar-refractivity contribution in [3.63, 3.8) is 0 Å². The minimum absolute atomic E-state index is 0.0178. The van der Waals surface area contributed by atoms with Crippen molar-refractivity contribution >= 4 is 128 Å². The first-order chi connectivity index (χ1) is 71.8. The van der Waals surface area contributed by atoms with Gasteiger partial charge < -0.3 is 65.2 Å². The molecule has 0 unspecified atom stereocenters. The molecular weight excluding hydrogens is 2010 g/mol. The summed E-state index contributed by atoms with van der Waals surface area (Å²) in [5, 5.41) is 39.6. The number of benzene rings is 12. The smallest absolute Gasteiger partial charge is 0.416 e. The van der Waals surface area contributed by atoms with Crippen LogP contribution in [0.25, 0.3) is 44.5 Å². The second-order valence-corrected chi connectivity index (χ2v) is 38.5. The van der Waals surface area contributed by atoms with E-state index in [0.717, 1.165) is 178 Å². The van der Waals surface area contributed by atoms with E-state index in [1.165, 1.54) is 23.1 Å². The van der Waals surface area contributed by atoms with Crippen LogP contribution in [-0.4, -0.2) is 224 Å². The first-order valence-electron chi connectivity index (χ1n) is 48.9. The lowest BCUT2D eigenvalue weighted by Gasteiger charge is -2.25. The molecule has 149 heavy (non-hydrogen) atoms. The standard InChI is InChI=1S/C30H28F4N4O2.C29H28ClFN4O2.C28H26Cl2N4O2.C28H29Cl2N3O3/c31-26-16-25(30(32,33)34)17-27(18-26)36-28(39)20-38(13-12-37-10-1-2-11-37)29(40)15-21-6-8-23(9-7-21)24-5-3-4-22(14-24)19-35;30-26-18-25(10-11-27(26)31)33-28(36)20-35(15-14-34-12-1-2-13-34)29(37)17-21-6-8-23(9-7-21)24-5-3-4-22(16-24)19-32;29-24-15-25(30)17-26(16-24)32-27(35)19-34(13-12-33-10-1-2-11-33)28(36)22-8-6-21(7-9-22)23-5-3-4-20(14-23)18-31;1-36-26-10-8-21(9-11-26)20-4-6-22(7-5-20)28(35)33(15-14-32-12-2-3-13-32)19-27(34)31-25-17-23(29)16-24(30)18-25/h3-9,14,16-18H,1-2,10-13,15,20H2,(H,36,39);3-11,16,18H,1-2,12-15,17,20H2,(H,33,36);3-9,14-17H,1-2,10-13,19H2,(H,32,35);4-11,16-18H,2-3,12-15,19H2,1H3,(H,31,34). The first kappa shape index (κ1) is 112. The Morgan fingerprint density at radius 1 is 0.342 bits per heavy atom. The predicted octanol–water partition coefficient (Wildman–Crippen LogP) is 22.2. The maximum Gasteiger partial charge on any atom is 0.416 e. The Hall–Kier alpha value is -14.4. The van der Waals surface area contributed by atoms with Crippen molar-refractivity contribution in [1.82, 2.24) is 39.2 Å². The molecule has 24 nitrogen and oxygen atoms in total. The van der Waals surface area contributed by atoms with E-state index in [-0.39, 0.29) is 97.6 Å². The van der Waals surface area contributed by atoms with E-state index in [1.54, 1.807) is 125 Å². The molecule has 0 spiro atoms. The van der Waals surface area contributed by atoms with Crippen molar-refractivity contribution in [1.29, 1.82) is 15.8 Å². The Morgan fingerprint density at radius 3 is 0.966 bits per heavy atom. The third-order valence-corrected chi connectivity index (χ3v) is 26.6. The number of rotatable bonds is 35. The van der Waals surface area contributed by atoms with Gasteiger partial charge >= 0.3 is 6.18 Å². The van der Waals surface area contributed by atoms with Crippen molar-refractivity contribution in [2.24, 2.45) is 0 Å². The van der Waals surface area contributed by atoms with E-state index in [1.807, 2.05) is 127 Å². The van der Waals surface area contributed by atoms with Crippen molar-refractivity contribution in [2.75, 3.05) is 159 Å². The number of halogens is 10. The number of carbonyl (C=O) groups is 8. The number of nitriles is 3. The average Bonchev–Trinajstić information content (AvgIpc) is 1.83. The predicted molar refractivity (Wildman–Crippen MR) is 574 cm³/mol. The van der Waals surface area contributed by atoms with Gasteiger partial charge in [-0.3, -0.25) is 38.4 Å². The van der Waals surface area contributed by atoms with Gasteiger partial charge in [-0.05, 0) is 305 Å². The summed E-state index contributed by atoms with van der Waals surface area (Å²) in [6, 6.07) is 81.1. The molecule has 12 aromatic carbocycles. The monoisotopic (exact) mass is 2120 g/mol. The Morgan fingerprint density at radius 2 is 0.644 bits per heavy atom. The number of alkyl halides is 3. The van der Waals surface area contributed by atoms with Gasteiger partial charge in [-0.1, -0.05) is 179 Å². The van der Waals surface area contributed by atoms with E-state index in [2.05, 4.69) is 59.1 Å². The summed E-state index contributed by atoms with van der Waals surface area (Å²) in [6.45, 7) is 11.5. The number of nitrogens with zero attached hydrogens (tertiary/aromatic N) is 11. The lowest BCUT2D eigenvalue weighted by Crippen LogP contribution is -2.43. The van der Waals surface area contributed by atoms with Gasteiger partial charge in [0, 0.05) is 106 Å². The van der Waals surface area contributed by atoms with Crippen LogP contribution in [0.4, 0.5) is 44.7 Å². The summed E-state index contributed by atoms with van der Waals surface area (Å²) in [5.41, 5.74) is 11.6. The number of methoxy groups -OCH3 is 1. The number of anilines is 4. The molecule has 0 saturated carbocycles. The summed E-state index contributed by atoms with van der Waals surface area (Å²) < 4.78 is 71.6. The Balaban J connectivity index is 0.000000166. The van der Waals surface area contributed by atoms with Gasteiger partial charge in [0.2, 0.25) is 35.4 Å². The Labute approximate surface area is 888 Å². The normalized spacial score (nSPS) is 13.4. The quantitative estimate of drug-likeness (QED) is 0.0268. The lowest BCUT2D eigenvalue weighted by molar-refractivity contribution is -0.137. The van der Waals surface area contributed by atoms with Gasteiger partial charge in [-0.15, -0.1) is 0 Å². The highest BCUT2D eigenvalue weighted by molar-refractivity contribution is 6.36. The zero-order valence-corrected chi connectivity index (χ0v) is 85.8. The molecule has 0 radical (unpaired) electrons. The molecule has 16 rings (SSSR count). The molecule has 34 heteroatoms. The van der Waals surface area contributed by atoms with E-state index in [0.29, 0.717) is 116 Å². The molecule has 12 aromatic rings. The summed E-state index contributed by atoms with van der Waals surface area (Å²) >= 11 is 30.0. The minimum atomic E-state index is -4.77. The molecule has 4 fully saturated rings. The molecule has 4 aliphatic rings. The van der Waals surface area contributed by atoms with Gasteiger partial charge in [-0.2, -0.15) is 29.0 Å². The molecule has 0 atom stereocenters. The van der Waals surface area contributed by atoms with Crippen LogP contribution >= 0.6 is 58.0 Å². The largest absolute Gasteiger partial charge is 0.497 e. The number of nitrogens with one attached hydrogen (secondary N) is 4. The molecule has 770 valence electrons. The second kappa shape index (κ2) is 55.6. The average molecular weight is 2120 g/mol. The van der Waals surface area contributed by atoms with Crippen LogP contribution in [0.2, 0.25) is 25.1 Å². The molecule has 0 aliphatic carbocycles. The Kier molecular flexibility index (Phi) is 41.7. The van der Waals surface area contributed by atoms with Crippen LogP contribution in [-0.2, 0) is 47.8 Å². The second-order valence-electron chi connectivity index (χ2n) is 36.4. The number of hydrogen-bond donors (Lipinski definition) is 4. The fourth-order valence-electron chi connectivity index (χ4n) is 17.6. The molecular formula is C115H111Cl5F5N15O9. The highest BCUT2D eigenvalue weighted by Crippen LogP contribution is 2.35. The summed E-state index contributed by atoms with van der Waals surface area (Å²) in [6.07, 6.45) is 4.43. The zero-order chi connectivity index (χ0) is 106. The van der Waals surface area contributed by atoms with Gasteiger partial charge in [0.05, 0.1) is 78.5 Å².